The summed E-state index contributed by atoms with van der Waals surface area (Å²) < 4.78 is 29.6. The summed E-state index contributed by atoms with van der Waals surface area (Å²) in [5.41, 5.74) is 2.87. The van der Waals surface area contributed by atoms with Gasteiger partial charge < -0.3 is 15.5 Å². The number of aromatic hydroxyl groups is 1. The molecule has 31 heavy (non-hydrogen) atoms. The molecule has 0 amide bonds. The third-order valence-electron chi connectivity index (χ3n) is 4.39. The van der Waals surface area contributed by atoms with Crippen molar-refractivity contribution in [1.29, 1.82) is 0 Å². The second-order valence-corrected chi connectivity index (χ2v) is 8.34. The van der Waals surface area contributed by atoms with Gasteiger partial charge in [0.15, 0.2) is 0 Å². The molecule has 0 aliphatic rings. The molecule has 7 nitrogen and oxygen atoms in total. The van der Waals surface area contributed by atoms with Crippen molar-refractivity contribution < 1.29 is 28.0 Å². The Balaban J connectivity index is 0.000000262. The molecule has 1 unspecified atom stereocenters. The van der Waals surface area contributed by atoms with E-state index in [1.807, 2.05) is 37.3 Å². The predicted molar refractivity (Wildman–Crippen MR) is 118 cm³/mol. The Bertz CT molecular complexity index is 1070. The van der Waals surface area contributed by atoms with Crippen LogP contribution >= 0.6 is 0 Å². The lowest BCUT2D eigenvalue weighted by Gasteiger charge is -2.14. The van der Waals surface area contributed by atoms with Gasteiger partial charge in [0.1, 0.15) is 11.8 Å². The number of phenolic OH excluding ortho intramolecular Hbond substituents is 1. The van der Waals surface area contributed by atoms with E-state index in [2.05, 4.69) is 5.32 Å². The van der Waals surface area contributed by atoms with Crippen LogP contribution < -0.4 is 5.32 Å². The normalized spacial score (nSPS) is 11.8. The highest BCUT2D eigenvalue weighted by molar-refractivity contribution is 7.85. The van der Waals surface area contributed by atoms with Crippen LogP contribution in [0.5, 0.6) is 5.75 Å². The monoisotopic (exact) mass is 443 g/mol. The van der Waals surface area contributed by atoms with E-state index >= 15 is 0 Å². The van der Waals surface area contributed by atoms with Gasteiger partial charge in [0.25, 0.3) is 10.1 Å². The number of rotatable bonds is 7. The van der Waals surface area contributed by atoms with Crippen molar-refractivity contribution in [1.82, 2.24) is 5.32 Å². The summed E-state index contributed by atoms with van der Waals surface area (Å²) in [6.07, 6.45) is 0.377. The van der Waals surface area contributed by atoms with E-state index in [0.717, 1.165) is 16.7 Å². The first-order valence-electron chi connectivity index (χ1n) is 9.47. The number of carbonyl (C=O) groups is 1. The first-order chi connectivity index (χ1) is 14.6. The number of aliphatic carboxylic acids is 1. The van der Waals surface area contributed by atoms with Crippen molar-refractivity contribution in [3.63, 3.8) is 0 Å². The average Bonchev–Trinajstić information content (AvgIpc) is 2.73. The van der Waals surface area contributed by atoms with E-state index in [0.29, 0.717) is 13.0 Å². The minimum absolute atomic E-state index is 0.0666. The number of aryl methyl sites for hydroxylation is 1. The first kappa shape index (κ1) is 24.1. The van der Waals surface area contributed by atoms with Crippen molar-refractivity contribution in [2.75, 3.05) is 0 Å². The number of hydrogen-bond donors (Lipinski definition) is 4. The van der Waals surface area contributed by atoms with Crippen molar-refractivity contribution in [3.8, 4) is 5.75 Å². The molecule has 0 radical (unpaired) electrons. The van der Waals surface area contributed by atoms with Crippen LogP contribution in [0.4, 0.5) is 0 Å². The fraction of sp³-hybridized carbons (Fsp3) is 0.174. The maximum absolute atomic E-state index is 11.3. The zero-order valence-corrected chi connectivity index (χ0v) is 17.8. The van der Waals surface area contributed by atoms with Gasteiger partial charge in [-0.05, 0) is 48.7 Å². The van der Waals surface area contributed by atoms with Crippen LogP contribution in [0.2, 0.25) is 0 Å². The lowest BCUT2D eigenvalue weighted by molar-refractivity contribution is -0.139. The van der Waals surface area contributed by atoms with Gasteiger partial charge in [-0.15, -0.1) is 0 Å². The van der Waals surface area contributed by atoms with E-state index in [9.17, 15) is 23.4 Å². The molecule has 0 bridgehead atoms. The van der Waals surface area contributed by atoms with Crippen molar-refractivity contribution in [3.05, 3.63) is 95.6 Å². The molecule has 0 heterocycles. The third kappa shape index (κ3) is 8.59. The Morgan fingerprint density at radius 2 is 1.48 bits per heavy atom. The molecule has 0 fully saturated rings. The van der Waals surface area contributed by atoms with Crippen LogP contribution in [0.25, 0.3) is 0 Å². The molecule has 4 N–H and O–H groups in total. The Labute approximate surface area is 181 Å². The van der Waals surface area contributed by atoms with E-state index in [1.165, 1.54) is 12.1 Å². The van der Waals surface area contributed by atoms with E-state index in [4.69, 9.17) is 4.55 Å². The number of phenols is 1. The minimum atomic E-state index is -4.02. The van der Waals surface area contributed by atoms with Gasteiger partial charge in [-0.25, -0.2) is 0 Å². The molecule has 0 aliphatic carbocycles. The molecule has 0 aromatic heterocycles. The lowest BCUT2D eigenvalue weighted by Crippen LogP contribution is -2.38. The van der Waals surface area contributed by atoms with Crippen LogP contribution in [-0.2, 0) is 27.9 Å². The summed E-state index contributed by atoms with van der Waals surface area (Å²) in [4.78, 5) is 11.2. The number of carboxylic acid groups (broad SMARTS) is 1. The van der Waals surface area contributed by atoms with E-state index in [-0.39, 0.29) is 10.6 Å². The molecular weight excluding hydrogens is 418 g/mol. The zero-order valence-electron chi connectivity index (χ0n) is 17.0. The molecule has 3 aromatic rings. The topological polar surface area (TPSA) is 124 Å². The van der Waals surface area contributed by atoms with Gasteiger partial charge in [-0.2, -0.15) is 8.42 Å². The van der Waals surface area contributed by atoms with Crippen LogP contribution in [0, 0.1) is 6.92 Å². The van der Waals surface area contributed by atoms with Crippen LogP contribution in [-0.4, -0.2) is 35.2 Å². The standard InChI is InChI=1S/C16H17NO3.C7H8O3S/c18-14-8-6-12(7-9-14)10-15(16(19)20)17-11-13-4-2-1-3-5-13;1-6-2-4-7(5-3-6)11(8,9)10/h1-9,15,17-18H,10-11H2,(H,19,20);2-5H,1H3,(H,8,9,10). The van der Waals surface area contributed by atoms with E-state index in [1.54, 1.807) is 36.4 Å². The Morgan fingerprint density at radius 1 is 0.903 bits per heavy atom. The largest absolute Gasteiger partial charge is 0.508 e. The van der Waals surface area contributed by atoms with Gasteiger partial charge in [-0.1, -0.05) is 60.2 Å². The Kier molecular flexibility index (Phi) is 8.75. The molecule has 0 saturated carbocycles. The zero-order chi connectivity index (χ0) is 22.9. The lowest BCUT2D eigenvalue weighted by atomic mass is 10.1. The molecule has 1 atom stereocenters. The highest BCUT2D eigenvalue weighted by Gasteiger charge is 2.17. The second kappa shape index (κ2) is 11.3. The Hall–Kier alpha value is -3.20. The summed E-state index contributed by atoms with van der Waals surface area (Å²) in [7, 11) is -4.02. The summed E-state index contributed by atoms with van der Waals surface area (Å²) in [5.74, 6) is -0.702. The SMILES string of the molecule is Cc1ccc(S(=O)(=O)O)cc1.O=C(O)C(Cc1ccc(O)cc1)NCc1ccccc1. The van der Waals surface area contributed by atoms with Crippen molar-refractivity contribution >= 4 is 16.1 Å². The molecule has 3 aromatic carbocycles. The summed E-state index contributed by atoms with van der Waals surface area (Å²) in [6, 6.07) is 21.6. The minimum Gasteiger partial charge on any atom is -0.508 e. The number of benzene rings is 3. The van der Waals surface area contributed by atoms with Gasteiger partial charge in [0.05, 0.1) is 4.90 Å². The second-order valence-electron chi connectivity index (χ2n) is 6.92. The predicted octanol–water partition coefficient (Wildman–Crippen LogP) is 3.42. The maximum atomic E-state index is 11.3. The van der Waals surface area contributed by atoms with Gasteiger partial charge in [-0.3, -0.25) is 9.35 Å². The summed E-state index contributed by atoms with van der Waals surface area (Å²) in [6.45, 7) is 2.35. The number of hydrogen-bond acceptors (Lipinski definition) is 5. The third-order valence-corrected chi connectivity index (χ3v) is 5.26. The highest BCUT2D eigenvalue weighted by Crippen LogP contribution is 2.12. The molecule has 164 valence electrons. The molecular formula is C23H25NO6S. The first-order valence-corrected chi connectivity index (χ1v) is 10.9. The fourth-order valence-electron chi connectivity index (χ4n) is 2.66. The smallest absolute Gasteiger partial charge is 0.321 e. The summed E-state index contributed by atoms with van der Waals surface area (Å²) in [5, 5.41) is 21.5. The molecule has 0 saturated heterocycles. The molecule has 0 spiro atoms. The quantitative estimate of drug-likeness (QED) is 0.413. The average molecular weight is 444 g/mol. The molecule has 3 rings (SSSR count). The van der Waals surface area contributed by atoms with Gasteiger partial charge in [0, 0.05) is 6.54 Å². The van der Waals surface area contributed by atoms with E-state index < -0.39 is 22.1 Å². The Morgan fingerprint density at radius 3 is 2.00 bits per heavy atom. The van der Waals surface area contributed by atoms with Crippen molar-refractivity contribution in [2.45, 2.75) is 30.8 Å². The van der Waals surface area contributed by atoms with Crippen molar-refractivity contribution in [2.24, 2.45) is 0 Å². The number of carboxylic acids is 1. The van der Waals surface area contributed by atoms with Gasteiger partial charge >= 0.3 is 5.97 Å². The number of nitrogens with one attached hydrogen (secondary N) is 1. The van der Waals surface area contributed by atoms with Crippen LogP contribution in [0.15, 0.2) is 83.8 Å². The molecule has 0 aliphatic heterocycles. The summed E-state index contributed by atoms with van der Waals surface area (Å²) >= 11 is 0. The maximum Gasteiger partial charge on any atom is 0.321 e. The highest BCUT2D eigenvalue weighted by atomic mass is 32.2. The van der Waals surface area contributed by atoms with Crippen LogP contribution in [0.1, 0.15) is 16.7 Å². The van der Waals surface area contributed by atoms with Crippen LogP contribution in [0.3, 0.4) is 0 Å². The van der Waals surface area contributed by atoms with Gasteiger partial charge in [0.2, 0.25) is 0 Å². The molecule has 8 heteroatoms. The fourth-order valence-corrected chi connectivity index (χ4v) is 3.14.